The molecule has 3 rings (SSSR count). The fourth-order valence-electron chi connectivity index (χ4n) is 2.21. The molecule has 0 fully saturated rings. The summed E-state index contributed by atoms with van der Waals surface area (Å²) in [6, 6.07) is 14.9. The summed E-state index contributed by atoms with van der Waals surface area (Å²) in [5.41, 5.74) is 2.45. The Labute approximate surface area is 110 Å². The molecule has 19 heavy (non-hydrogen) atoms. The van der Waals surface area contributed by atoms with Crippen LogP contribution in [-0.2, 0) is 6.54 Å². The van der Waals surface area contributed by atoms with Gasteiger partial charge in [-0.25, -0.2) is 4.39 Å². The number of nitrogens with one attached hydrogen (secondary N) is 1. The number of furan rings is 1. The van der Waals surface area contributed by atoms with Crippen molar-refractivity contribution in [1.29, 1.82) is 0 Å². The van der Waals surface area contributed by atoms with Gasteiger partial charge in [0.05, 0.1) is 0 Å². The molecule has 1 N–H and O–H groups in total. The SMILES string of the molecule is CNCc1cccc(-c2cc3cccc(F)c3o2)c1. The lowest BCUT2D eigenvalue weighted by molar-refractivity contribution is 0.568. The second kappa shape index (κ2) is 4.86. The van der Waals surface area contributed by atoms with Crippen molar-refractivity contribution in [2.24, 2.45) is 0 Å². The van der Waals surface area contributed by atoms with Crippen LogP contribution >= 0.6 is 0 Å². The number of benzene rings is 2. The summed E-state index contributed by atoms with van der Waals surface area (Å²) < 4.78 is 19.2. The number of hydrogen-bond acceptors (Lipinski definition) is 2. The van der Waals surface area contributed by atoms with E-state index in [9.17, 15) is 4.39 Å². The molecular weight excluding hydrogens is 241 g/mol. The summed E-state index contributed by atoms with van der Waals surface area (Å²) in [5.74, 6) is 0.369. The van der Waals surface area contributed by atoms with Gasteiger partial charge in [0.1, 0.15) is 5.76 Å². The highest BCUT2D eigenvalue weighted by Gasteiger charge is 2.09. The summed E-state index contributed by atoms with van der Waals surface area (Å²) in [6.07, 6.45) is 0. The molecule has 0 bridgehead atoms. The first-order valence-electron chi connectivity index (χ1n) is 6.20. The van der Waals surface area contributed by atoms with Gasteiger partial charge in [-0.15, -0.1) is 0 Å². The molecule has 0 aliphatic carbocycles. The summed E-state index contributed by atoms with van der Waals surface area (Å²) in [4.78, 5) is 0. The number of halogens is 1. The Morgan fingerprint density at radius 2 is 1.95 bits per heavy atom. The van der Waals surface area contributed by atoms with Gasteiger partial charge in [0.25, 0.3) is 0 Å². The standard InChI is InChI=1S/C16H14FNO/c1-18-10-11-4-2-5-12(8-11)15-9-13-6-3-7-14(17)16(13)19-15/h2-9,18H,10H2,1H3. The smallest absolute Gasteiger partial charge is 0.170 e. The minimum Gasteiger partial charge on any atom is -0.453 e. The molecule has 0 atom stereocenters. The first-order chi connectivity index (χ1) is 9.28. The molecule has 3 aromatic rings. The van der Waals surface area contributed by atoms with Gasteiger partial charge in [0.15, 0.2) is 11.4 Å². The van der Waals surface area contributed by atoms with E-state index in [1.165, 1.54) is 11.6 Å². The highest BCUT2D eigenvalue weighted by atomic mass is 19.1. The predicted octanol–water partition coefficient (Wildman–Crippen LogP) is 3.96. The zero-order valence-electron chi connectivity index (χ0n) is 10.6. The van der Waals surface area contributed by atoms with Gasteiger partial charge in [0.2, 0.25) is 0 Å². The normalized spacial score (nSPS) is 11.1. The maximum atomic E-state index is 13.6. The van der Waals surface area contributed by atoms with Gasteiger partial charge in [0, 0.05) is 17.5 Å². The fourth-order valence-corrected chi connectivity index (χ4v) is 2.21. The number of fused-ring (bicyclic) bond motifs is 1. The molecule has 0 amide bonds. The van der Waals surface area contributed by atoms with Gasteiger partial charge in [-0.2, -0.15) is 0 Å². The van der Waals surface area contributed by atoms with Crippen LogP contribution in [0.3, 0.4) is 0 Å². The van der Waals surface area contributed by atoms with Crippen LogP contribution in [0.25, 0.3) is 22.3 Å². The third kappa shape index (κ3) is 2.25. The maximum Gasteiger partial charge on any atom is 0.170 e. The molecule has 1 heterocycles. The molecule has 0 unspecified atom stereocenters. The average Bonchev–Trinajstić information content (AvgIpc) is 2.85. The molecule has 0 radical (unpaired) electrons. The number of rotatable bonds is 3. The van der Waals surface area contributed by atoms with E-state index >= 15 is 0 Å². The van der Waals surface area contributed by atoms with Crippen LogP contribution in [0.5, 0.6) is 0 Å². The Kier molecular flexibility index (Phi) is 3.05. The van der Waals surface area contributed by atoms with Crippen molar-refractivity contribution in [3.05, 3.63) is 59.9 Å². The van der Waals surface area contributed by atoms with E-state index in [0.29, 0.717) is 11.3 Å². The maximum absolute atomic E-state index is 13.6. The molecule has 3 heteroatoms. The van der Waals surface area contributed by atoms with Crippen LogP contribution in [0.2, 0.25) is 0 Å². The quantitative estimate of drug-likeness (QED) is 0.766. The first kappa shape index (κ1) is 11.9. The topological polar surface area (TPSA) is 25.2 Å². The molecule has 96 valence electrons. The van der Waals surface area contributed by atoms with Gasteiger partial charge in [-0.1, -0.05) is 30.3 Å². The number of para-hydroxylation sites is 1. The summed E-state index contributed by atoms with van der Waals surface area (Å²) in [5, 5.41) is 3.89. The van der Waals surface area contributed by atoms with Crippen molar-refractivity contribution in [2.45, 2.75) is 6.54 Å². The zero-order chi connectivity index (χ0) is 13.2. The molecule has 0 saturated carbocycles. The van der Waals surface area contributed by atoms with E-state index in [0.717, 1.165) is 17.5 Å². The third-order valence-electron chi connectivity index (χ3n) is 3.09. The molecular formula is C16H14FNO. The monoisotopic (exact) mass is 255 g/mol. The van der Waals surface area contributed by atoms with Crippen molar-refractivity contribution in [2.75, 3.05) is 7.05 Å². The van der Waals surface area contributed by atoms with Crippen molar-refractivity contribution in [3.63, 3.8) is 0 Å². The van der Waals surface area contributed by atoms with Gasteiger partial charge >= 0.3 is 0 Å². The van der Waals surface area contributed by atoms with Crippen LogP contribution in [0.15, 0.2) is 52.9 Å². The van der Waals surface area contributed by atoms with Crippen LogP contribution in [0, 0.1) is 5.82 Å². The lowest BCUT2D eigenvalue weighted by Crippen LogP contribution is -2.04. The van der Waals surface area contributed by atoms with Crippen LogP contribution in [-0.4, -0.2) is 7.05 Å². The third-order valence-corrected chi connectivity index (χ3v) is 3.09. The van der Waals surface area contributed by atoms with E-state index in [2.05, 4.69) is 5.32 Å². The molecule has 0 saturated heterocycles. The Morgan fingerprint density at radius 3 is 2.74 bits per heavy atom. The molecule has 2 aromatic carbocycles. The number of hydrogen-bond donors (Lipinski definition) is 1. The lowest BCUT2D eigenvalue weighted by atomic mass is 10.1. The highest BCUT2D eigenvalue weighted by Crippen LogP contribution is 2.29. The van der Waals surface area contributed by atoms with Gasteiger partial charge in [-0.3, -0.25) is 0 Å². The Morgan fingerprint density at radius 1 is 1.11 bits per heavy atom. The van der Waals surface area contributed by atoms with Crippen LogP contribution in [0.1, 0.15) is 5.56 Å². The largest absolute Gasteiger partial charge is 0.453 e. The molecule has 1 aromatic heterocycles. The van der Waals surface area contributed by atoms with Crippen LogP contribution < -0.4 is 5.32 Å². The van der Waals surface area contributed by atoms with E-state index in [1.54, 1.807) is 6.07 Å². The zero-order valence-corrected chi connectivity index (χ0v) is 10.6. The van der Waals surface area contributed by atoms with Gasteiger partial charge in [-0.05, 0) is 30.8 Å². The van der Waals surface area contributed by atoms with Gasteiger partial charge < -0.3 is 9.73 Å². The average molecular weight is 255 g/mol. The Bertz CT molecular complexity index is 718. The lowest BCUT2D eigenvalue weighted by Gasteiger charge is -2.02. The van der Waals surface area contributed by atoms with E-state index in [1.807, 2.05) is 43.4 Å². The minimum absolute atomic E-state index is 0.316. The summed E-state index contributed by atoms with van der Waals surface area (Å²) in [7, 11) is 1.91. The van der Waals surface area contributed by atoms with Crippen LogP contribution in [0.4, 0.5) is 4.39 Å². The molecule has 0 aliphatic rings. The molecule has 2 nitrogen and oxygen atoms in total. The second-order valence-electron chi connectivity index (χ2n) is 4.50. The van der Waals surface area contributed by atoms with E-state index in [-0.39, 0.29) is 5.82 Å². The fraction of sp³-hybridized carbons (Fsp3) is 0.125. The summed E-state index contributed by atoms with van der Waals surface area (Å²) in [6.45, 7) is 0.794. The van der Waals surface area contributed by atoms with E-state index < -0.39 is 0 Å². The summed E-state index contributed by atoms with van der Waals surface area (Å²) >= 11 is 0. The van der Waals surface area contributed by atoms with Crippen molar-refractivity contribution >= 4 is 11.0 Å². The van der Waals surface area contributed by atoms with Crippen molar-refractivity contribution in [1.82, 2.24) is 5.32 Å². The predicted molar refractivity (Wildman–Crippen MR) is 74.4 cm³/mol. The Hall–Kier alpha value is -2.13. The van der Waals surface area contributed by atoms with Crippen molar-refractivity contribution in [3.8, 4) is 11.3 Å². The first-order valence-corrected chi connectivity index (χ1v) is 6.20. The second-order valence-corrected chi connectivity index (χ2v) is 4.50. The minimum atomic E-state index is -0.324. The molecule has 0 spiro atoms. The van der Waals surface area contributed by atoms with Crippen molar-refractivity contribution < 1.29 is 8.81 Å². The van der Waals surface area contributed by atoms with E-state index in [4.69, 9.17) is 4.42 Å². The Balaban J connectivity index is 2.08. The highest BCUT2D eigenvalue weighted by molar-refractivity contribution is 5.83. The molecule has 0 aliphatic heterocycles.